The molecule has 3 N–H and O–H groups in total. The minimum absolute atomic E-state index is 0.00631. The first-order valence-electron chi connectivity index (χ1n) is 4.68. The van der Waals surface area contributed by atoms with Crippen LogP contribution in [0.1, 0.15) is 0 Å². The van der Waals surface area contributed by atoms with Crippen molar-refractivity contribution in [1.82, 2.24) is 5.32 Å². The van der Waals surface area contributed by atoms with Gasteiger partial charge >= 0.3 is 6.03 Å². The summed E-state index contributed by atoms with van der Waals surface area (Å²) in [5, 5.41) is 2.43. The van der Waals surface area contributed by atoms with Gasteiger partial charge in [0, 0.05) is 11.8 Å². The van der Waals surface area contributed by atoms with Crippen molar-refractivity contribution in [3.63, 3.8) is 0 Å². The summed E-state index contributed by atoms with van der Waals surface area (Å²) in [7, 11) is 1.46. The maximum absolute atomic E-state index is 11.5. The van der Waals surface area contributed by atoms with Gasteiger partial charge in [0.1, 0.15) is 5.75 Å². The van der Waals surface area contributed by atoms with Crippen molar-refractivity contribution >= 4 is 23.3 Å². The molecule has 1 aromatic rings. The number of benzene rings is 1. The van der Waals surface area contributed by atoms with E-state index in [0.29, 0.717) is 17.1 Å². The van der Waals surface area contributed by atoms with Crippen LogP contribution in [0.5, 0.6) is 5.75 Å². The number of nitrogens with one attached hydrogen (secondary N) is 1. The summed E-state index contributed by atoms with van der Waals surface area (Å²) in [6, 6.07) is 4.30. The van der Waals surface area contributed by atoms with Crippen LogP contribution in [0, 0.1) is 0 Å². The van der Waals surface area contributed by atoms with Crippen molar-refractivity contribution < 1.29 is 14.3 Å². The van der Waals surface area contributed by atoms with Crippen molar-refractivity contribution in [2.24, 2.45) is 0 Å². The number of urea groups is 1. The Bertz CT molecular complexity index is 443. The van der Waals surface area contributed by atoms with E-state index in [1.807, 2.05) is 0 Å². The Balaban J connectivity index is 2.47. The number of carbonyl (C=O) groups excluding carboxylic acids is 2. The average Bonchev–Trinajstić information content (AvgIpc) is 2.59. The molecule has 1 aliphatic rings. The average molecular weight is 221 g/mol. The Hall–Kier alpha value is -2.24. The molecule has 1 fully saturated rings. The molecule has 1 heterocycles. The third-order valence-corrected chi connectivity index (χ3v) is 2.29. The Morgan fingerprint density at radius 1 is 1.44 bits per heavy atom. The van der Waals surface area contributed by atoms with Crippen LogP contribution in [0.2, 0.25) is 0 Å². The van der Waals surface area contributed by atoms with E-state index in [0.717, 1.165) is 4.90 Å². The van der Waals surface area contributed by atoms with E-state index in [9.17, 15) is 9.59 Å². The molecule has 16 heavy (non-hydrogen) atoms. The fourth-order valence-corrected chi connectivity index (χ4v) is 1.55. The number of hydrogen-bond acceptors (Lipinski definition) is 4. The zero-order valence-corrected chi connectivity index (χ0v) is 8.69. The minimum atomic E-state index is -0.451. The number of nitrogens with zero attached hydrogens (tertiary/aromatic N) is 1. The Morgan fingerprint density at radius 2 is 2.19 bits per heavy atom. The second-order valence-electron chi connectivity index (χ2n) is 3.32. The molecule has 0 unspecified atom stereocenters. The molecule has 0 aliphatic carbocycles. The van der Waals surface area contributed by atoms with Gasteiger partial charge in [0.2, 0.25) is 0 Å². The summed E-state index contributed by atoms with van der Waals surface area (Å²) in [5.74, 6) is 0.0819. The number of rotatable bonds is 2. The standard InChI is InChI=1S/C10H11N3O3/c1-16-8-4-6(11)2-3-7(8)13-9(14)5-12-10(13)15/h2-4H,5,11H2,1H3,(H,12,15). The highest BCUT2D eigenvalue weighted by Crippen LogP contribution is 2.31. The summed E-state index contributed by atoms with van der Waals surface area (Å²) in [6.45, 7) is 0.00631. The molecule has 1 aliphatic heterocycles. The van der Waals surface area contributed by atoms with Crippen LogP contribution in [0.4, 0.5) is 16.2 Å². The predicted octanol–water partition coefficient (Wildman–Crippen LogP) is 0.334. The van der Waals surface area contributed by atoms with Crippen LogP contribution < -0.4 is 20.7 Å². The smallest absolute Gasteiger partial charge is 0.329 e. The maximum Gasteiger partial charge on any atom is 0.329 e. The van der Waals surface area contributed by atoms with Gasteiger partial charge in [0.25, 0.3) is 5.91 Å². The molecule has 0 radical (unpaired) electrons. The van der Waals surface area contributed by atoms with Gasteiger partial charge in [-0.3, -0.25) is 4.79 Å². The lowest BCUT2D eigenvalue weighted by atomic mass is 10.2. The second kappa shape index (κ2) is 3.73. The lowest BCUT2D eigenvalue weighted by Crippen LogP contribution is -2.31. The minimum Gasteiger partial charge on any atom is -0.494 e. The van der Waals surface area contributed by atoms with Gasteiger partial charge in [-0.2, -0.15) is 0 Å². The second-order valence-corrected chi connectivity index (χ2v) is 3.32. The first kappa shape index (κ1) is 10.3. The fraction of sp³-hybridized carbons (Fsp3) is 0.200. The Morgan fingerprint density at radius 3 is 2.75 bits per heavy atom. The first-order chi connectivity index (χ1) is 7.63. The molecule has 6 nitrogen and oxygen atoms in total. The van der Waals surface area contributed by atoms with Crippen molar-refractivity contribution in [1.29, 1.82) is 0 Å². The predicted molar refractivity (Wildman–Crippen MR) is 58.3 cm³/mol. The Labute approximate surface area is 92.0 Å². The molecule has 0 saturated carbocycles. The van der Waals surface area contributed by atoms with Gasteiger partial charge in [0.15, 0.2) is 0 Å². The highest BCUT2D eigenvalue weighted by Gasteiger charge is 2.31. The van der Waals surface area contributed by atoms with E-state index in [-0.39, 0.29) is 12.5 Å². The summed E-state index contributed by atoms with van der Waals surface area (Å²) < 4.78 is 5.08. The molecule has 1 saturated heterocycles. The number of nitrogens with two attached hydrogens (primary N) is 1. The molecule has 0 aromatic heterocycles. The number of amides is 3. The topological polar surface area (TPSA) is 84.7 Å². The molecule has 1 aromatic carbocycles. The van der Waals surface area contributed by atoms with Crippen molar-refractivity contribution in [2.75, 3.05) is 24.3 Å². The quantitative estimate of drug-likeness (QED) is 0.557. The third kappa shape index (κ3) is 1.54. The van der Waals surface area contributed by atoms with Gasteiger partial charge < -0.3 is 15.8 Å². The fourth-order valence-electron chi connectivity index (χ4n) is 1.55. The van der Waals surface area contributed by atoms with E-state index in [2.05, 4.69) is 5.32 Å². The molecule has 0 spiro atoms. The van der Waals surface area contributed by atoms with Gasteiger partial charge in [-0.15, -0.1) is 0 Å². The van der Waals surface area contributed by atoms with E-state index in [1.165, 1.54) is 7.11 Å². The van der Waals surface area contributed by atoms with Crippen LogP contribution >= 0.6 is 0 Å². The van der Waals surface area contributed by atoms with Crippen molar-refractivity contribution in [3.8, 4) is 5.75 Å². The molecule has 0 bridgehead atoms. The lowest BCUT2D eigenvalue weighted by Gasteiger charge is -2.16. The number of nitrogen functional groups attached to an aromatic ring is 1. The molecule has 2 rings (SSSR count). The van der Waals surface area contributed by atoms with Gasteiger partial charge in [-0.05, 0) is 12.1 Å². The molecule has 3 amide bonds. The zero-order valence-electron chi connectivity index (χ0n) is 8.69. The first-order valence-corrected chi connectivity index (χ1v) is 4.68. The zero-order chi connectivity index (χ0) is 11.7. The van der Waals surface area contributed by atoms with Crippen LogP contribution in [0.3, 0.4) is 0 Å². The van der Waals surface area contributed by atoms with Crippen LogP contribution in [0.25, 0.3) is 0 Å². The molecule has 0 atom stereocenters. The monoisotopic (exact) mass is 221 g/mol. The van der Waals surface area contributed by atoms with Gasteiger partial charge in [0.05, 0.1) is 19.3 Å². The largest absolute Gasteiger partial charge is 0.494 e. The summed E-state index contributed by atoms with van der Waals surface area (Å²) in [4.78, 5) is 24.0. The van der Waals surface area contributed by atoms with Crippen LogP contribution in [-0.2, 0) is 4.79 Å². The number of ether oxygens (including phenoxy) is 1. The van der Waals surface area contributed by atoms with Crippen LogP contribution in [-0.4, -0.2) is 25.6 Å². The van der Waals surface area contributed by atoms with E-state index in [4.69, 9.17) is 10.5 Å². The van der Waals surface area contributed by atoms with Gasteiger partial charge in [-0.1, -0.05) is 0 Å². The number of hydrogen-bond donors (Lipinski definition) is 2. The Kier molecular flexibility index (Phi) is 2.40. The number of imide groups is 1. The summed E-state index contributed by atoms with van der Waals surface area (Å²) >= 11 is 0. The van der Waals surface area contributed by atoms with E-state index >= 15 is 0 Å². The molecule has 6 heteroatoms. The van der Waals surface area contributed by atoms with E-state index < -0.39 is 6.03 Å². The van der Waals surface area contributed by atoms with Gasteiger partial charge in [-0.25, -0.2) is 9.69 Å². The van der Waals surface area contributed by atoms with Crippen LogP contribution in [0.15, 0.2) is 18.2 Å². The number of anilines is 2. The number of carbonyl (C=O) groups is 2. The third-order valence-electron chi connectivity index (χ3n) is 2.29. The maximum atomic E-state index is 11.5. The highest BCUT2D eigenvalue weighted by molar-refractivity contribution is 6.20. The summed E-state index contributed by atoms with van der Waals surface area (Å²) in [6.07, 6.45) is 0. The van der Waals surface area contributed by atoms with Crippen molar-refractivity contribution in [3.05, 3.63) is 18.2 Å². The molecular weight excluding hydrogens is 210 g/mol. The van der Waals surface area contributed by atoms with E-state index in [1.54, 1.807) is 18.2 Å². The SMILES string of the molecule is COc1cc(N)ccc1N1C(=O)CNC1=O. The summed E-state index contributed by atoms with van der Waals surface area (Å²) in [5.41, 5.74) is 6.49. The molecular formula is C10H11N3O3. The van der Waals surface area contributed by atoms with Crippen molar-refractivity contribution in [2.45, 2.75) is 0 Å². The highest BCUT2D eigenvalue weighted by atomic mass is 16.5. The normalized spacial score (nSPS) is 15.2. The molecule has 84 valence electrons. The lowest BCUT2D eigenvalue weighted by molar-refractivity contribution is -0.115. The number of methoxy groups -OCH3 is 1.